The van der Waals surface area contributed by atoms with E-state index >= 15 is 0 Å². The Hall–Kier alpha value is -2.85. The Morgan fingerprint density at radius 3 is 2.71 bits per heavy atom. The van der Waals surface area contributed by atoms with Crippen molar-refractivity contribution in [2.24, 2.45) is 0 Å². The lowest BCUT2D eigenvalue weighted by Gasteiger charge is -2.11. The lowest BCUT2D eigenvalue weighted by atomic mass is 10.0. The van der Waals surface area contributed by atoms with Crippen LogP contribution < -0.4 is 4.74 Å². The van der Waals surface area contributed by atoms with Gasteiger partial charge in [0, 0.05) is 34.1 Å². The summed E-state index contributed by atoms with van der Waals surface area (Å²) in [5, 5.41) is 0.466. The molecule has 0 spiro atoms. The topological polar surface area (TPSA) is 48.3 Å². The van der Waals surface area contributed by atoms with E-state index in [0.717, 1.165) is 6.29 Å². The van der Waals surface area contributed by atoms with Gasteiger partial charge in [0.15, 0.2) is 12.1 Å². The summed E-state index contributed by atoms with van der Waals surface area (Å²) in [6, 6.07) is 13.7. The number of rotatable bonds is 5. The molecule has 3 aromatic rings. The lowest BCUT2D eigenvalue weighted by Crippen LogP contribution is -2.07. The summed E-state index contributed by atoms with van der Waals surface area (Å²) in [4.78, 5) is 23.8. The molecule has 1 aromatic heterocycles. The van der Waals surface area contributed by atoms with Gasteiger partial charge in [-0.15, -0.1) is 0 Å². The molecule has 0 bridgehead atoms. The molecule has 0 saturated carbocycles. The standard InChI is InChI=1S/C19H14ClNO3/c1-24-16-4-2-3-14(9-16)19(23)17-10-15(20)5-6-18(17)21-8-7-13(11-21)12-22/h2-12H,1H3. The number of nitrogens with zero attached hydrogens (tertiary/aromatic N) is 1. The van der Waals surface area contributed by atoms with E-state index in [9.17, 15) is 9.59 Å². The van der Waals surface area contributed by atoms with Crippen LogP contribution in [0.4, 0.5) is 0 Å². The number of methoxy groups -OCH3 is 1. The number of aromatic nitrogens is 1. The van der Waals surface area contributed by atoms with Crippen LogP contribution in [0.3, 0.4) is 0 Å². The second-order valence-electron chi connectivity index (χ2n) is 5.19. The third kappa shape index (κ3) is 3.09. The molecule has 0 N–H and O–H groups in total. The van der Waals surface area contributed by atoms with Crippen LogP contribution in [0.15, 0.2) is 60.9 Å². The molecular weight excluding hydrogens is 326 g/mol. The highest BCUT2D eigenvalue weighted by Gasteiger charge is 2.16. The summed E-state index contributed by atoms with van der Waals surface area (Å²) in [5.41, 5.74) is 2.13. The van der Waals surface area contributed by atoms with Crippen LogP contribution in [0.5, 0.6) is 5.75 Å². The molecule has 2 aromatic carbocycles. The van der Waals surface area contributed by atoms with Crippen LogP contribution in [0.1, 0.15) is 26.3 Å². The van der Waals surface area contributed by atoms with Gasteiger partial charge in [-0.2, -0.15) is 0 Å². The van der Waals surface area contributed by atoms with E-state index in [1.807, 2.05) is 0 Å². The third-order valence-corrected chi connectivity index (χ3v) is 3.90. The van der Waals surface area contributed by atoms with E-state index < -0.39 is 0 Å². The number of benzene rings is 2. The molecule has 4 nitrogen and oxygen atoms in total. The van der Waals surface area contributed by atoms with Crippen molar-refractivity contribution in [1.82, 2.24) is 4.57 Å². The van der Waals surface area contributed by atoms with E-state index in [2.05, 4.69) is 0 Å². The molecule has 0 atom stereocenters. The largest absolute Gasteiger partial charge is 0.497 e. The Morgan fingerprint density at radius 1 is 1.17 bits per heavy atom. The molecule has 24 heavy (non-hydrogen) atoms. The molecule has 0 aliphatic carbocycles. The Labute approximate surface area is 144 Å². The SMILES string of the molecule is COc1cccc(C(=O)c2cc(Cl)ccc2-n2ccc(C=O)c2)c1. The molecule has 5 heteroatoms. The molecule has 0 radical (unpaired) electrons. The van der Waals surface area contributed by atoms with Crippen molar-refractivity contribution >= 4 is 23.7 Å². The lowest BCUT2D eigenvalue weighted by molar-refractivity contribution is 0.103. The molecule has 0 unspecified atom stereocenters. The highest BCUT2D eigenvalue weighted by Crippen LogP contribution is 2.24. The first-order valence-electron chi connectivity index (χ1n) is 7.24. The van der Waals surface area contributed by atoms with Crippen molar-refractivity contribution in [3.8, 4) is 11.4 Å². The zero-order valence-corrected chi connectivity index (χ0v) is 13.7. The molecule has 0 fully saturated rings. The minimum absolute atomic E-state index is 0.173. The van der Waals surface area contributed by atoms with Crippen LogP contribution in [-0.2, 0) is 0 Å². The summed E-state index contributed by atoms with van der Waals surface area (Å²) < 4.78 is 6.90. The van der Waals surface area contributed by atoms with E-state index in [0.29, 0.717) is 33.1 Å². The summed E-state index contributed by atoms with van der Waals surface area (Å²) >= 11 is 6.08. The van der Waals surface area contributed by atoms with Crippen molar-refractivity contribution in [2.45, 2.75) is 0 Å². The van der Waals surface area contributed by atoms with Crippen molar-refractivity contribution in [2.75, 3.05) is 7.11 Å². The van der Waals surface area contributed by atoms with Gasteiger partial charge in [0.25, 0.3) is 0 Å². The molecular formula is C19H14ClNO3. The van der Waals surface area contributed by atoms with Crippen molar-refractivity contribution in [3.63, 3.8) is 0 Å². The number of aldehydes is 1. The number of hydrogen-bond donors (Lipinski definition) is 0. The molecule has 0 aliphatic rings. The summed E-state index contributed by atoms with van der Waals surface area (Å²) in [6.45, 7) is 0. The van der Waals surface area contributed by atoms with Gasteiger partial charge in [-0.05, 0) is 36.4 Å². The highest BCUT2D eigenvalue weighted by atomic mass is 35.5. The Kier molecular flexibility index (Phi) is 4.49. The number of carbonyl (C=O) groups is 2. The average molecular weight is 340 g/mol. The first kappa shape index (κ1) is 16.0. The summed E-state index contributed by atoms with van der Waals surface area (Å²) in [5.74, 6) is 0.432. The van der Waals surface area contributed by atoms with E-state index in [4.69, 9.17) is 16.3 Å². The van der Waals surface area contributed by atoms with Gasteiger partial charge in [-0.3, -0.25) is 9.59 Å². The van der Waals surface area contributed by atoms with Gasteiger partial charge >= 0.3 is 0 Å². The first-order valence-corrected chi connectivity index (χ1v) is 7.62. The van der Waals surface area contributed by atoms with Gasteiger partial charge in [0.1, 0.15) is 5.75 Å². The van der Waals surface area contributed by atoms with Crippen molar-refractivity contribution in [1.29, 1.82) is 0 Å². The predicted molar refractivity (Wildman–Crippen MR) is 92.6 cm³/mol. The molecule has 1 heterocycles. The second-order valence-corrected chi connectivity index (χ2v) is 5.63. The first-order chi connectivity index (χ1) is 11.6. The maximum absolute atomic E-state index is 12.9. The number of ether oxygens (including phenoxy) is 1. The number of hydrogen-bond acceptors (Lipinski definition) is 3. The number of halogens is 1. The Bertz CT molecular complexity index is 914. The van der Waals surface area contributed by atoms with Crippen LogP contribution >= 0.6 is 11.6 Å². The quantitative estimate of drug-likeness (QED) is 0.517. The van der Waals surface area contributed by atoms with E-state index in [1.54, 1.807) is 72.6 Å². The van der Waals surface area contributed by atoms with Crippen molar-refractivity contribution in [3.05, 3.63) is 82.6 Å². The van der Waals surface area contributed by atoms with Gasteiger partial charge in [-0.25, -0.2) is 0 Å². The van der Waals surface area contributed by atoms with E-state index in [1.165, 1.54) is 0 Å². The van der Waals surface area contributed by atoms with Gasteiger partial charge < -0.3 is 9.30 Å². The molecule has 0 amide bonds. The summed E-state index contributed by atoms with van der Waals surface area (Å²) in [7, 11) is 1.55. The highest BCUT2D eigenvalue weighted by molar-refractivity contribution is 6.31. The zero-order valence-electron chi connectivity index (χ0n) is 12.9. The Morgan fingerprint density at radius 2 is 2.00 bits per heavy atom. The fraction of sp³-hybridized carbons (Fsp3) is 0.0526. The van der Waals surface area contributed by atoms with Crippen LogP contribution in [-0.4, -0.2) is 23.7 Å². The summed E-state index contributed by atoms with van der Waals surface area (Å²) in [6.07, 6.45) is 4.16. The predicted octanol–water partition coefficient (Wildman–Crippen LogP) is 4.18. The average Bonchev–Trinajstić information content (AvgIpc) is 3.10. The van der Waals surface area contributed by atoms with Gasteiger partial charge in [0.2, 0.25) is 0 Å². The fourth-order valence-electron chi connectivity index (χ4n) is 2.47. The third-order valence-electron chi connectivity index (χ3n) is 3.67. The van der Waals surface area contributed by atoms with Crippen LogP contribution in [0.25, 0.3) is 5.69 Å². The fourth-order valence-corrected chi connectivity index (χ4v) is 2.64. The second kappa shape index (κ2) is 6.72. The minimum Gasteiger partial charge on any atom is -0.497 e. The number of carbonyl (C=O) groups excluding carboxylic acids is 2. The minimum atomic E-state index is -0.173. The smallest absolute Gasteiger partial charge is 0.195 e. The van der Waals surface area contributed by atoms with Crippen LogP contribution in [0.2, 0.25) is 5.02 Å². The Balaban J connectivity index is 2.10. The maximum atomic E-state index is 12.9. The van der Waals surface area contributed by atoms with Gasteiger partial charge in [-0.1, -0.05) is 23.7 Å². The monoisotopic (exact) mass is 339 g/mol. The zero-order chi connectivity index (χ0) is 17.1. The van der Waals surface area contributed by atoms with Crippen LogP contribution in [0, 0.1) is 0 Å². The van der Waals surface area contributed by atoms with E-state index in [-0.39, 0.29) is 5.78 Å². The maximum Gasteiger partial charge on any atom is 0.195 e. The van der Waals surface area contributed by atoms with Gasteiger partial charge in [0.05, 0.1) is 12.8 Å². The number of ketones is 1. The normalized spacial score (nSPS) is 10.4. The van der Waals surface area contributed by atoms with Crippen molar-refractivity contribution < 1.29 is 14.3 Å². The molecule has 0 saturated heterocycles. The molecule has 0 aliphatic heterocycles. The molecule has 3 rings (SSSR count). The molecule has 120 valence electrons.